The highest BCUT2D eigenvalue weighted by atomic mass is 35.5. The second kappa shape index (κ2) is 5.56. The molecule has 0 atom stereocenters. The summed E-state index contributed by atoms with van der Waals surface area (Å²) in [7, 11) is -5.80. The van der Waals surface area contributed by atoms with E-state index in [0.717, 1.165) is 12.4 Å². The predicted octanol–water partition coefficient (Wildman–Crippen LogP) is 0.448. The third-order valence-corrected chi connectivity index (χ3v) is 4.64. The normalized spacial score (nSPS) is 12.8. The molecule has 1 aromatic carbocycles. The van der Waals surface area contributed by atoms with E-state index in [0.29, 0.717) is 6.07 Å². The van der Waals surface area contributed by atoms with Gasteiger partial charge in [-0.05, 0) is 12.1 Å². The van der Waals surface area contributed by atoms with Gasteiger partial charge in [0.1, 0.15) is 16.1 Å². The van der Waals surface area contributed by atoms with Crippen molar-refractivity contribution >= 4 is 43.8 Å². The first-order valence-electron chi connectivity index (χ1n) is 4.98. The number of halogens is 1. The largest absolute Gasteiger partial charge is 0.398 e. The lowest BCUT2D eigenvalue weighted by molar-refractivity contribution is 0.483. The van der Waals surface area contributed by atoms with Gasteiger partial charge in [-0.3, -0.25) is 4.55 Å². The van der Waals surface area contributed by atoms with E-state index in [9.17, 15) is 16.8 Å². The van der Waals surface area contributed by atoms with Gasteiger partial charge in [0.05, 0.1) is 10.7 Å². The number of hydrogen-bond donors (Lipinski definition) is 2. The average molecular weight is 342 g/mol. The number of nitrogens with two attached hydrogens (primary N) is 1. The van der Waals surface area contributed by atoms with E-state index in [1.807, 2.05) is 0 Å². The smallest absolute Gasteiger partial charge is 0.296 e. The van der Waals surface area contributed by atoms with Crippen molar-refractivity contribution in [2.45, 2.75) is 9.79 Å². The van der Waals surface area contributed by atoms with Gasteiger partial charge in [0, 0.05) is 14.1 Å². The molecule has 0 bridgehead atoms. The quantitative estimate of drug-likeness (QED) is 0.352. The first kappa shape index (κ1) is 16.7. The van der Waals surface area contributed by atoms with E-state index in [1.54, 1.807) is 14.1 Å². The molecular formula is C9H12ClN3O5S2. The lowest BCUT2D eigenvalue weighted by atomic mass is 10.3. The maximum Gasteiger partial charge on any atom is 0.296 e. The Bertz CT molecular complexity index is 756. The van der Waals surface area contributed by atoms with Gasteiger partial charge in [-0.15, -0.1) is 4.40 Å². The van der Waals surface area contributed by atoms with Crippen LogP contribution in [0, 0.1) is 0 Å². The fourth-order valence-corrected chi connectivity index (χ4v) is 3.35. The number of nitrogen functional groups attached to an aromatic ring is 1. The molecule has 112 valence electrons. The molecule has 0 saturated carbocycles. The number of nitrogens with zero attached hydrogens (tertiary/aromatic N) is 2. The lowest BCUT2D eigenvalue weighted by Gasteiger charge is -2.08. The van der Waals surface area contributed by atoms with E-state index in [4.69, 9.17) is 21.9 Å². The minimum absolute atomic E-state index is 0.300. The summed E-state index contributed by atoms with van der Waals surface area (Å²) in [5.41, 5.74) is 5.01. The van der Waals surface area contributed by atoms with Gasteiger partial charge in [-0.25, -0.2) is 0 Å². The van der Waals surface area contributed by atoms with Gasteiger partial charge in [-0.1, -0.05) is 11.6 Å². The molecule has 0 aliphatic rings. The lowest BCUT2D eigenvalue weighted by Crippen LogP contribution is -2.11. The second-order valence-corrected chi connectivity index (χ2v) is 7.35. The Morgan fingerprint density at radius 2 is 1.80 bits per heavy atom. The minimum Gasteiger partial charge on any atom is -0.398 e. The molecular weight excluding hydrogens is 330 g/mol. The summed E-state index contributed by atoms with van der Waals surface area (Å²) in [6.45, 7) is 0. The van der Waals surface area contributed by atoms with E-state index < -0.39 is 29.9 Å². The fourth-order valence-electron chi connectivity index (χ4n) is 1.18. The second-order valence-electron chi connectivity index (χ2n) is 3.96. The molecule has 0 spiro atoms. The zero-order chi connectivity index (χ0) is 15.7. The summed E-state index contributed by atoms with van der Waals surface area (Å²) in [6, 6.07) is 1.58. The molecule has 0 fully saturated rings. The van der Waals surface area contributed by atoms with E-state index >= 15 is 0 Å². The van der Waals surface area contributed by atoms with Crippen LogP contribution in [-0.2, 0) is 20.1 Å². The van der Waals surface area contributed by atoms with Crippen molar-refractivity contribution in [2.24, 2.45) is 4.40 Å². The van der Waals surface area contributed by atoms with Crippen LogP contribution in [0.1, 0.15) is 0 Å². The van der Waals surface area contributed by atoms with Crippen LogP contribution in [-0.4, -0.2) is 46.7 Å². The summed E-state index contributed by atoms with van der Waals surface area (Å²) in [6.07, 6.45) is 1.01. The SMILES string of the molecule is CN(C)C=NS(=O)(=O)c1cc(S(=O)(=O)O)c(N)cc1Cl. The Morgan fingerprint density at radius 3 is 2.25 bits per heavy atom. The van der Waals surface area contributed by atoms with Crippen molar-refractivity contribution in [3.8, 4) is 0 Å². The number of sulfonamides is 1. The monoisotopic (exact) mass is 341 g/mol. The number of anilines is 1. The van der Waals surface area contributed by atoms with Crippen molar-refractivity contribution < 1.29 is 21.4 Å². The van der Waals surface area contributed by atoms with Gasteiger partial charge in [-0.2, -0.15) is 16.8 Å². The first-order valence-corrected chi connectivity index (χ1v) is 8.24. The van der Waals surface area contributed by atoms with Crippen LogP contribution in [0.4, 0.5) is 5.69 Å². The third kappa shape index (κ3) is 3.82. The van der Waals surface area contributed by atoms with Gasteiger partial charge < -0.3 is 10.6 Å². The van der Waals surface area contributed by atoms with Crippen molar-refractivity contribution in [2.75, 3.05) is 19.8 Å². The molecule has 0 aromatic heterocycles. The average Bonchev–Trinajstić information content (AvgIpc) is 2.24. The van der Waals surface area contributed by atoms with Crippen molar-refractivity contribution in [1.82, 2.24) is 4.90 Å². The van der Waals surface area contributed by atoms with Gasteiger partial charge in [0.25, 0.3) is 20.1 Å². The molecule has 0 aliphatic carbocycles. The summed E-state index contributed by atoms with van der Waals surface area (Å²) >= 11 is 5.73. The Labute approximate surface area is 121 Å². The zero-order valence-electron chi connectivity index (χ0n) is 10.5. The zero-order valence-corrected chi connectivity index (χ0v) is 12.9. The molecule has 20 heavy (non-hydrogen) atoms. The fraction of sp³-hybridized carbons (Fsp3) is 0.222. The van der Waals surface area contributed by atoms with E-state index in [-0.39, 0.29) is 10.7 Å². The summed E-state index contributed by atoms with van der Waals surface area (Å²) in [4.78, 5) is 0.0477. The van der Waals surface area contributed by atoms with Gasteiger partial charge in [0.2, 0.25) is 0 Å². The van der Waals surface area contributed by atoms with Crippen LogP contribution in [0.3, 0.4) is 0 Å². The minimum atomic E-state index is -4.67. The van der Waals surface area contributed by atoms with Gasteiger partial charge in [0.15, 0.2) is 0 Å². The molecule has 8 nitrogen and oxygen atoms in total. The molecule has 1 aromatic rings. The molecule has 1 rings (SSSR count). The summed E-state index contributed by atoms with van der Waals surface area (Å²) in [5.74, 6) is 0. The maximum atomic E-state index is 11.9. The molecule has 0 heterocycles. The van der Waals surface area contributed by atoms with Crippen LogP contribution < -0.4 is 5.73 Å². The highest BCUT2D eigenvalue weighted by Gasteiger charge is 2.23. The third-order valence-electron chi connectivity index (χ3n) is 2.04. The van der Waals surface area contributed by atoms with Gasteiger partial charge >= 0.3 is 0 Å². The highest BCUT2D eigenvalue weighted by Crippen LogP contribution is 2.30. The van der Waals surface area contributed by atoms with Crippen molar-refractivity contribution in [1.29, 1.82) is 0 Å². The van der Waals surface area contributed by atoms with Crippen LogP contribution in [0.5, 0.6) is 0 Å². The molecule has 0 radical (unpaired) electrons. The molecule has 0 saturated heterocycles. The molecule has 11 heteroatoms. The molecule has 0 unspecified atom stereocenters. The van der Waals surface area contributed by atoms with Crippen LogP contribution in [0.2, 0.25) is 5.02 Å². The van der Waals surface area contributed by atoms with E-state index in [1.165, 1.54) is 4.90 Å². The molecule has 0 aliphatic heterocycles. The highest BCUT2D eigenvalue weighted by molar-refractivity contribution is 7.90. The Kier molecular flexibility index (Phi) is 4.64. The van der Waals surface area contributed by atoms with Crippen LogP contribution in [0.25, 0.3) is 0 Å². The summed E-state index contributed by atoms with van der Waals surface area (Å²) < 4.78 is 58.3. The number of benzene rings is 1. The summed E-state index contributed by atoms with van der Waals surface area (Å²) in [5, 5.41) is -0.300. The van der Waals surface area contributed by atoms with E-state index in [2.05, 4.69) is 4.40 Å². The van der Waals surface area contributed by atoms with Crippen molar-refractivity contribution in [3.05, 3.63) is 17.2 Å². The number of hydrogen-bond acceptors (Lipinski definition) is 5. The predicted molar refractivity (Wildman–Crippen MR) is 75.0 cm³/mol. The topological polar surface area (TPSA) is 130 Å². The molecule has 3 N–H and O–H groups in total. The standard InChI is InChI=1S/C9H12ClN3O5S2/c1-13(2)5-12-19(14,15)8-4-9(20(16,17)18)7(11)3-6(8)10/h3-5H,11H2,1-2H3,(H,16,17,18). The van der Waals surface area contributed by atoms with Crippen molar-refractivity contribution in [3.63, 3.8) is 0 Å². The molecule has 0 amide bonds. The Morgan fingerprint density at radius 1 is 1.25 bits per heavy atom. The van der Waals surface area contributed by atoms with Crippen LogP contribution >= 0.6 is 11.6 Å². The first-order chi connectivity index (χ1) is 8.95. The van der Waals surface area contributed by atoms with Crippen LogP contribution in [0.15, 0.2) is 26.3 Å². The maximum absolute atomic E-state index is 11.9. The Hall–Kier alpha value is -1.36. The number of rotatable bonds is 4. The Balaban J connectivity index is 3.55.